The van der Waals surface area contributed by atoms with Crippen molar-refractivity contribution in [1.29, 1.82) is 0 Å². The molecule has 0 aliphatic heterocycles. The van der Waals surface area contributed by atoms with Gasteiger partial charge in [-0.05, 0) is 13.8 Å². The molecule has 0 amide bonds. The van der Waals surface area contributed by atoms with Gasteiger partial charge in [0.05, 0.1) is 11.4 Å². The number of fused-ring (bicyclic) bond motifs is 1. The van der Waals surface area contributed by atoms with Crippen molar-refractivity contribution in [2.24, 2.45) is 0 Å². The van der Waals surface area contributed by atoms with Gasteiger partial charge in [0, 0.05) is 24.1 Å². The Balaban J connectivity index is 1.75. The molecule has 0 bridgehead atoms. The van der Waals surface area contributed by atoms with Crippen LogP contribution in [0.25, 0.3) is 16.9 Å². The Morgan fingerprint density at radius 2 is 1.96 bits per heavy atom. The van der Waals surface area contributed by atoms with Crippen LogP contribution in [0.3, 0.4) is 0 Å². The highest BCUT2D eigenvalue weighted by atomic mass is 16.5. The van der Waals surface area contributed by atoms with E-state index in [0.717, 1.165) is 34.8 Å². The Labute approximate surface area is 151 Å². The number of anilines is 1. The van der Waals surface area contributed by atoms with E-state index in [1.807, 2.05) is 63.2 Å². The van der Waals surface area contributed by atoms with E-state index in [2.05, 4.69) is 20.6 Å². The van der Waals surface area contributed by atoms with Gasteiger partial charge in [0.15, 0.2) is 11.5 Å². The van der Waals surface area contributed by atoms with Gasteiger partial charge in [0.2, 0.25) is 5.89 Å². The number of hydrogen-bond acceptors (Lipinski definition) is 6. The molecule has 3 aromatic heterocycles. The Kier molecular flexibility index (Phi) is 4.12. The molecule has 0 fully saturated rings. The molecule has 0 spiro atoms. The number of rotatable bonds is 5. The van der Waals surface area contributed by atoms with Crippen molar-refractivity contribution in [3.8, 4) is 11.3 Å². The average molecular weight is 348 g/mol. The molecule has 3 heterocycles. The maximum Gasteiger partial charge on any atom is 0.248 e. The molecule has 0 saturated carbocycles. The van der Waals surface area contributed by atoms with Gasteiger partial charge in [0.25, 0.3) is 0 Å². The molecule has 0 aliphatic rings. The van der Waals surface area contributed by atoms with Gasteiger partial charge < -0.3 is 9.84 Å². The van der Waals surface area contributed by atoms with Crippen LogP contribution in [0.4, 0.5) is 5.82 Å². The third-order valence-electron chi connectivity index (χ3n) is 4.15. The number of aryl methyl sites for hydroxylation is 2. The van der Waals surface area contributed by atoms with E-state index in [1.54, 1.807) is 4.52 Å². The predicted octanol–water partition coefficient (Wildman–Crippen LogP) is 3.82. The number of aromatic nitrogens is 5. The first-order chi connectivity index (χ1) is 12.6. The fraction of sp³-hybridized carbons (Fsp3) is 0.263. The molecule has 4 rings (SSSR count). The van der Waals surface area contributed by atoms with Crippen molar-refractivity contribution in [1.82, 2.24) is 24.7 Å². The van der Waals surface area contributed by atoms with Crippen LogP contribution in [0.1, 0.15) is 37.3 Å². The van der Waals surface area contributed by atoms with Gasteiger partial charge in [-0.15, -0.1) is 0 Å². The first-order valence-electron chi connectivity index (χ1n) is 8.66. The van der Waals surface area contributed by atoms with E-state index < -0.39 is 0 Å². The monoisotopic (exact) mass is 348 g/mol. The first-order valence-corrected chi connectivity index (χ1v) is 8.66. The molecule has 26 heavy (non-hydrogen) atoms. The molecule has 7 heteroatoms. The lowest BCUT2D eigenvalue weighted by Gasteiger charge is -2.14. The van der Waals surface area contributed by atoms with Crippen LogP contribution < -0.4 is 5.32 Å². The molecule has 1 N–H and O–H groups in total. The highest BCUT2D eigenvalue weighted by Gasteiger charge is 2.17. The Morgan fingerprint density at radius 3 is 2.69 bits per heavy atom. The second-order valence-corrected chi connectivity index (χ2v) is 6.22. The van der Waals surface area contributed by atoms with E-state index >= 15 is 0 Å². The van der Waals surface area contributed by atoms with Crippen LogP contribution in [0, 0.1) is 6.92 Å². The number of benzene rings is 1. The molecule has 1 aromatic carbocycles. The van der Waals surface area contributed by atoms with Crippen LogP contribution in [0.15, 0.2) is 47.0 Å². The summed E-state index contributed by atoms with van der Waals surface area (Å²) in [5, 5.41) is 11.9. The largest absolute Gasteiger partial charge is 0.358 e. The Morgan fingerprint density at radius 1 is 1.15 bits per heavy atom. The van der Waals surface area contributed by atoms with Crippen molar-refractivity contribution in [2.45, 2.75) is 33.2 Å². The van der Waals surface area contributed by atoms with Crippen LogP contribution in [-0.2, 0) is 6.42 Å². The molecule has 0 aliphatic carbocycles. The minimum absolute atomic E-state index is 0.151. The van der Waals surface area contributed by atoms with Gasteiger partial charge in [-0.1, -0.05) is 42.4 Å². The summed E-state index contributed by atoms with van der Waals surface area (Å²) < 4.78 is 7.15. The minimum Gasteiger partial charge on any atom is -0.358 e. The van der Waals surface area contributed by atoms with E-state index in [9.17, 15) is 0 Å². The SMILES string of the molecule is CCc1noc(C(C)Nc2cc(-c3ccccc3)nc3cc(C)nn23)n1. The van der Waals surface area contributed by atoms with Crippen molar-refractivity contribution >= 4 is 11.5 Å². The van der Waals surface area contributed by atoms with Crippen LogP contribution in [0.2, 0.25) is 0 Å². The van der Waals surface area contributed by atoms with Crippen LogP contribution in [-0.4, -0.2) is 24.7 Å². The maximum atomic E-state index is 5.35. The number of nitrogens with zero attached hydrogens (tertiary/aromatic N) is 5. The van der Waals surface area contributed by atoms with E-state index in [0.29, 0.717) is 11.7 Å². The number of hydrogen-bond donors (Lipinski definition) is 1. The minimum atomic E-state index is -0.151. The molecule has 1 unspecified atom stereocenters. The first kappa shape index (κ1) is 16.3. The topological polar surface area (TPSA) is 81.1 Å². The summed E-state index contributed by atoms with van der Waals surface area (Å²) in [6.45, 7) is 5.94. The fourth-order valence-electron chi connectivity index (χ4n) is 2.82. The summed E-state index contributed by atoms with van der Waals surface area (Å²) >= 11 is 0. The van der Waals surface area contributed by atoms with Gasteiger partial charge in [-0.3, -0.25) is 0 Å². The van der Waals surface area contributed by atoms with Crippen molar-refractivity contribution in [2.75, 3.05) is 5.32 Å². The maximum absolute atomic E-state index is 5.35. The molecule has 0 saturated heterocycles. The smallest absolute Gasteiger partial charge is 0.248 e. The van der Waals surface area contributed by atoms with Crippen molar-refractivity contribution < 1.29 is 4.52 Å². The Bertz CT molecular complexity index is 1040. The van der Waals surface area contributed by atoms with Gasteiger partial charge in [0.1, 0.15) is 11.9 Å². The van der Waals surface area contributed by atoms with E-state index in [4.69, 9.17) is 9.51 Å². The molecule has 1 atom stereocenters. The highest BCUT2D eigenvalue weighted by molar-refractivity contribution is 5.66. The lowest BCUT2D eigenvalue weighted by molar-refractivity contribution is 0.363. The highest BCUT2D eigenvalue weighted by Crippen LogP contribution is 2.25. The van der Waals surface area contributed by atoms with Crippen molar-refractivity contribution in [3.63, 3.8) is 0 Å². The average Bonchev–Trinajstić information content (AvgIpc) is 3.28. The summed E-state index contributed by atoms with van der Waals surface area (Å²) in [5.41, 5.74) is 3.63. The normalized spacial score (nSPS) is 12.4. The van der Waals surface area contributed by atoms with E-state index in [-0.39, 0.29) is 6.04 Å². The predicted molar refractivity (Wildman–Crippen MR) is 98.9 cm³/mol. The van der Waals surface area contributed by atoms with Crippen LogP contribution in [0.5, 0.6) is 0 Å². The van der Waals surface area contributed by atoms with Gasteiger partial charge in [-0.25, -0.2) is 4.98 Å². The molecular weight excluding hydrogens is 328 g/mol. The molecule has 4 aromatic rings. The summed E-state index contributed by atoms with van der Waals surface area (Å²) in [5.74, 6) is 2.08. The third-order valence-corrected chi connectivity index (χ3v) is 4.15. The standard InChI is InChI=1S/C19H20N6O/c1-4-16-22-19(26-24-16)13(3)20-18-11-15(14-8-6-5-7-9-14)21-17-10-12(2)23-25(17)18/h5-11,13,20H,4H2,1-3H3. The van der Waals surface area contributed by atoms with Gasteiger partial charge >= 0.3 is 0 Å². The zero-order valence-electron chi connectivity index (χ0n) is 15.0. The van der Waals surface area contributed by atoms with Gasteiger partial charge in [-0.2, -0.15) is 14.6 Å². The molecule has 7 nitrogen and oxygen atoms in total. The van der Waals surface area contributed by atoms with Crippen LogP contribution >= 0.6 is 0 Å². The third kappa shape index (κ3) is 3.03. The molecule has 0 radical (unpaired) electrons. The summed E-state index contributed by atoms with van der Waals surface area (Å²) in [6, 6.07) is 13.9. The lowest BCUT2D eigenvalue weighted by Crippen LogP contribution is -2.11. The quantitative estimate of drug-likeness (QED) is 0.590. The zero-order chi connectivity index (χ0) is 18.1. The van der Waals surface area contributed by atoms with E-state index in [1.165, 1.54) is 0 Å². The van der Waals surface area contributed by atoms with Crippen molar-refractivity contribution in [3.05, 3.63) is 59.9 Å². The summed E-state index contributed by atoms with van der Waals surface area (Å²) in [6.07, 6.45) is 0.742. The second kappa shape index (κ2) is 6.59. The molecule has 132 valence electrons. The zero-order valence-corrected chi connectivity index (χ0v) is 15.0. The Hall–Kier alpha value is -3.22. The second-order valence-electron chi connectivity index (χ2n) is 6.22. The summed E-state index contributed by atoms with van der Waals surface area (Å²) in [7, 11) is 0. The fourth-order valence-corrected chi connectivity index (χ4v) is 2.82. The number of nitrogens with one attached hydrogen (secondary N) is 1. The lowest BCUT2D eigenvalue weighted by atomic mass is 10.1. The molecular formula is C19H20N6O. The summed E-state index contributed by atoms with van der Waals surface area (Å²) in [4.78, 5) is 9.14.